The van der Waals surface area contributed by atoms with Crippen LogP contribution < -0.4 is 5.32 Å². The summed E-state index contributed by atoms with van der Waals surface area (Å²) in [4.78, 5) is 16.1. The van der Waals surface area contributed by atoms with E-state index in [0.717, 1.165) is 16.9 Å². The summed E-state index contributed by atoms with van der Waals surface area (Å²) in [5.74, 6) is 0.657. The van der Waals surface area contributed by atoms with E-state index in [4.69, 9.17) is 9.47 Å². The molecule has 0 aliphatic carbocycles. The van der Waals surface area contributed by atoms with Crippen molar-refractivity contribution in [3.63, 3.8) is 0 Å². The van der Waals surface area contributed by atoms with E-state index in [2.05, 4.69) is 10.3 Å². The molecular weight excluding hydrogens is 258 g/mol. The van der Waals surface area contributed by atoms with Crippen molar-refractivity contribution < 1.29 is 14.3 Å². The van der Waals surface area contributed by atoms with Gasteiger partial charge in [0.25, 0.3) is 0 Å². The molecule has 0 atom stereocenters. The third-order valence-electron chi connectivity index (χ3n) is 2.99. The molecule has 6 nitrogen and oxygen atoms in total. The molecule has 0 radical (unpaired) electrons. The summed E-state index contributed by atoms with van der Waals surface area (Å²) >= 11 is 0. The van der Waals surface area contributed by atoms with Crippen LogP contribution in [0.2, 0.25) is 0 Å². The van der Waals surface area contributed by atoms with Gasteiger partial charge in [-0.3, -0.25) is 4.79 Å². The minimum Gasteiger partial charge on any atom is -0.382 e. The van der Waals surface area contributed by atoms with Crippen LogP contribution in [-0.2, 0) is 27.9 Å². The number of amides is 1. The van der Waals surface area contributed by atoms with Gasteiger partial charge in [-0.2, -0.15) is 0 Å². The molecule has 1 heterocycles. The van der Waals surface area contributed by atoms with Gasteiger partial charge in [0.05, 0.1) is 30.8 Å². The average Bonchev–Trinajstić information content (AvgIpc) is 2.78. The number of benzene rings is 1. The minimum atomic E-state index is -0.159. The number of methoxy groups -OCH3 is 1. The Morgan fingerprint density at radius 1 is 1.35 bits per heavy atom. The predicted molar refractivity (Wildman–Crippen MR) is 75.3 cm³/mol. The summed E-state index contributed by atoms with van der Waals surface area (Å²) in [6.45, 7) is 1.32. The topological polar surface area (TPSA) is 65.4 Å². The molecule has 0 aliphatic rings. The number of hydrogen-bond acceptors (Lipinski definition) is 4. The molecule has 1 N–H and O–H groups in total. The highest BCUT2D eigenvalue weighted by atomic mass is 16.5. The summed E-state index contributed by atoms with van der Waals surface area (Å²) in [6, 6.07) is 7.87. The van der Waals surface area contributed by atoms with Crippen LogP contribution in [0.4, 0.5) is 0 Å². The van der Waals surface area contributed by atoms with E-state index in [9.17, 15) is 4.79 Å². The van der Waals surface area contributed by atoms with E-state index in [1.165, 1.54) is 0 Å². The third-order valence-corrected chi connectivity index (χ3v) is 2.99. The number of nitrogens with one attached hydrogen (secondary N) is 1. The normalized spacial score (nSPS) is 10.9. The van der Waals surface area contributed by atoms with Crippen LogP contribution in [-0.4, -0.2) is 42.4 Å². The SMILES string of the molecule is COCCOCC(=O)NCc1nc2ccccc2n1C. The van der Waals surface area contributed by atoms with Crippen molar-refractivity contribution in [2.24, 2.45) is 7.05 Å². The van der Waals surface area contributed by atoms with Crippen LogP contribution in [0.25, 0.3) is 11.0 Å². The number of nitrogens with zero attached hydrogens (tertiary/aromatic N) is 2. The maximum absolute atomic E-state index is 11.6. The molecule has 0 aliphatic heterocycles. The minimum absolute atomic E-state index is 0.0350. The fourth-order valence-electron chi connectivity index (χ4n) is 1.89. The number of aryl methyl sites for hydroxylation is 1. The van der Waals surface area contributed by atoms with Crippen molar-refractivity contribution in [1.29, 1.82) is 0 Å². The fourth-order valence-corrected chi connectivity index (χ4v) is 1.89. The summed E-state index contributed by atoms with van der Waals surface area (Å²) in [7, 11) is 3.53. The molecule has 0 fully saturated rings. The van der Waals surface area contributed by atoms with E-state index in [-0.39, 0.29) is 12.5 Å². The lowest BCUT2D eigenvalue weighted by Crippen LogP contribution is -2.28. The van der Waals surface area contributed by atoms with Gasteiger partial charge in [0.1, 0.15) is 12.4 Å². The highest BCUT2D eigenvalue weighted by Gasteiger charge is 2.08. The van der Waals surface area contributed by atoms with Gasteiger partial charge in [0, 0.05) is 14.2 Å². The number of carbonyl (C=O) groups excluding carboxylic acids is 1. The standard InChI is InChI=1S/C14H19N3O3/c1-17-12-6-4-3-5-11(12)16-13(17)9-15-14(18)10-20-8-7-19-2/h3-6H,7-10H2,1-2H3,(H,15,18). The first kappa shape index (κ1) is 14.5. The lowest BCUT2D eigenvalue weighted by molar-refractivity contribution is -0.126. The van der Waals surface area contributed by atoms with Crippen molar-refractivity contribution in [2.45, 2.75) is 6.54 Å². The van der Waals surface area contributed by atoms with Crippen molar-refractivity contribution in [2.75, 3.05) is 26.9 Å². The van der Waals surface area contributed by atoms with Gasteiger partial charge in [0.2, 0.25) is 5.91 Å². The summed E-state index contributed by atoms with van der Waals surface area (Å²) in [5.41, 5.74) is 1.98. The van der Waals surface area contributed by atoms with Crippen molar-refractivity contribution in [3.05, 3.63) is 30.1 Å². The molecule has 0 spiro atoms. The van der Waals surface area contributed by atoms with Crippen molar-refractivity contribution in [3.8, 4) is 0 Å². The predicted octanol–water partition coefficient (Wildman–Crippen LogP) is 0.852. The molecule has 0 unspecified atom stereocenters. The number of imidazole rings is 1. The Kier molecular flexibility index (Phi) is 5.09. The second kappa shape index (κ2) is 7.02. The number of aromatic nitrogens is 2. The highest BCUT2D eigenvalue weighted by Crippen LogP contribution is 2.13. The molecule has 108 valence electrons. The van der Waals surface area contributed by atoms with E-state index >= 15 is 0 Å². The Bertz CT molecular complexity index is 580. The lowest BCUT2D eigenvalue weighted by atomic mass is 10.3. The zero-order valence-corrected chi connectivity index (χ0v) is 11.8. The number of rotatable bonds is 7. The smallest absolute Gasteiger partial charge is 0.246 e. The van der Waals surface area contributed by atoms with Crippen LogP contribution in [0.15, 0.2) is 24.3 Å². The third kappa shape index (κ3) is 3.55. The van der Waals surface area contributed by atoms with Crippen LogP contribution in [0.1, 0.15) is 5.82 Å². The summed E-state index contributed by atoms with van der Waals surface area (Å²) in [6.07, 6.45) is 0. The molecular formula is C14H19N3O3. The van der Waals surface area contributed by atoms with Gasteiger partial charge >= 0.3 is 0 Å². The second-order valence-corrected chi connectivity index (χ2v) is 4.40. The number of fused-ring (bicyclic) bond motifs is 1. The van der Waals surface area contributed by atoms with Gasteiger partial charge in [0.15, 0.2) is 0 Å². The van der Waals surface area contributed by atoms with Gasteiger partial charge in [-0.05, 0) is 12.1 Å². The maximum atomic E-state index is 11.6. The number of hydrogen-bond donors (Lipinski definition) is 1. The Balaban J connectivity index is 1.86. The fraction of sp³-hybridized carbons (Fsp3) is 0.429. The number of carbonyl (C=O) groups is 1. The molecule has 2 aromatic rings. The molecule has 6 heteroatoms. The Labute approximate surface area is 117 Å². The lowest BCUT2D eigenvalue weighted by Gasteiger charge is -2.06. The maximum Gasteiger partial charge on any atom is 0.246 e. The zero-order valence-electron chi connectivity index (χ0n) is 11.8. The molecule has 0 saturated heterocycles. The first-order valence-electron chi connectivity index (χ1n) is 6.46. The van der Waals surface area contributed by atoms with E-state index < -0.39 is 0 Å². The quantitative estimate of drug-likeness (QED) is 0.762. The molecule has 1 aromatic carbocycles. The Morgan fingerprint density at radius 2 is 2.15 bits per heavy atom. The van der Waals surface area contributed by atoms with Crippen molar-refractivity contribution in [1.82, 2.24) is 14.9 Å². The van der Waals surface area contributed by atoms with Crippen LogP contribution in [0.3, 0.4) is 0 Å². The first-order valence-corrected chi connectivity index (χ1v) is 6.46. The second-order valence-electron chi connectivity index (χ2n) is 4.40. The van der Waals surface area contributed by atoms with Gasteiger partial charge in [-0.15, -0.1) is 0 Å². The van der Waals surface area contributed by atoms with E-state index in [1.54, 1.807) is 7.11 Å². The first-order chi connectivity index (χ1) is 9.72. The van der Waals surface area contributed by atoms with Crippen molar-refractivity contribution >= 4 is 16.9 Å². The van der Waals surface area contributed by atoms with Crippen LogP contribution in [0.5, 0.6) is 0 Å². The zero-order chi connectivity index (χ0) is 14.4. The monoisotopic (exact) mass is 277 g/mol. The van der Waals surface area contributed by atoms with Gasteiger partial charge in [-0.1, -0.05) is 12.1 Å². The Morgan fingerprint density at radius 3 is 2.90 bits per heavy atom. The van der Waals surface area contributed by atoms with E-state index in [1.807, 2.05) is 35.9 Å². The van der Waals surface area contributed by atoms with Crippen LogP contribution in [0, 0.1) is 0 Å². The molecule has 1 amide bonds. The average molecular weight is 277 g/mol. The largest absolute Gasteiger partial charge is 0.382 e. The number of ether oxygens (including phenoxy) is 2. The molecule has 20 heavy (non-hydrogen) atoms. The molecule has 1 aromatic heterocycles. The Hall–Kier alpha value is -1.92. The van der Waals surface area contributed by atoms with E-state index in [0.29, 0.717) is 19.8 Å². The highest BCUT2D eigenvalue weighted by molar-refractivity contribution is 5.78. The summed E-state index contributed by atoms with van der Waals surface area (Å²) < 4.78 is 12.0. The van der Waals surface area contributed by atoms with Crippen LogP contribution >= 0.6 is 0 Å². The van der Waals surface area contributed by atoms with Gasteiger partial charge in [-0.25, -0.2) is 4.98 Å². The molecule has 0 bridgehead atoms. The number of para-hydroxylation sites is 2. The molecule has 2 rings (SSSR count). The molecule has 0 saturated carbocycles. The van der Waals surface area contributed by atoms with Gasteiger partial charge < -0.3 is 19.4 Å². The summed E-state index contributed by atoms with van der Waals surface area (Å²) in [5, 5.41) is 2.79.